The summed E-state index contributed by atoms with van der Waals surface area (Å²) in [6, 6.07) is 10.4. The van der Waals surface area contributed by atoms with Crippen molar-refractivity contribution < 1.29 is 18.0 Å². The number of nitrogens with zero attached hydrogens (tertiary/aromatic N) is 3. The number of thioether (sulfide) groups is 1. The molecule has 186 valence electrons. The third kappa shape index (κ3) is 6.28. The molecule has 0 unspecified atom stereocenters. The van der Waals surface area contributed by atoms with Gasteiger partial charge in [0.25, 0.3) is 0 Å². The number of Topliss-reactive ketones (excluding diaryl/α,β-unsaturated/α-hetero) is 1. The molecule has 1 amide bonds. The van der Waals surface area contributed by atoms with Crippen LogP contribution in [0.15, 0.2) is 35.4 Å². The molecule has 35 heavy (non-hydrogen) atoms. The van der Waals surface area contributed by atoms with Crippen molar-refractivity contribution in [2.75, 3.05) is 23.7 Å². The number of sulfonamides is 1. The maximum atomic E-state index is 13.7. The second-order valence-corrected chi connectivity index (χ2v) is 11.2. The highest BCUT2D eigenvalue weighted by molar-refractivity contribution is 7.98. The van der Waals surface area contributed by atoms with Crippen LogP contribution >= 0.6 is 11.8 Å². The Kier molecular flexibility index (Phi) is 9.05. The summed E-state index contributed by atoms with van der Waals surface area (Å²) in [7, 11) is -4.24. The minimum Gasteiger partial charge on any atom is -0.317 e. The van der Waals surface area contributed by atoms with Crippen LogP contribution in [-0.2, 0) is 20.6 Å². The van der Waals surface area contributed by atoms with Crippen LogP contribution in [0.3, 0.4) is 0 Å². The molecular formula is C25H30N4O4S2. The van der Waals surface area contributed by atoms with E-state index in [9.17, 15) is 23.3 Å². The standard InChI is InChI=1S/C25H30N4O4S2/c1-4-5-22(30)21-14-20(15-26)23(28-24(21)34-3)29(25(31)19-10-12-27-13-11-19)35(32,33)16-18-8-6-17(2)7-9-18/h6-9,14,19,27H,4-5,10-13,16H2,1-3H3. The second-order valence-electron chi connectivity index (χ2n) is 8.57. The number of nitriles is 1. The molecule has 3 rings (SSSR count). The van der Waals surface area contributed by atoms with Crippen LogP contribution in [0.25, 0.3) is 0 Å². The lowest BCUT2D eigenvalue weighted by molar-refractivity contribution is -0.121. The number of nitrogens with one attached hydrogen (secondary N) is 1. The van der Waals surface area contributed by atoms with Crippen molar-refractivity contribution in [1.82, 2.24) is 10.3 Å². The minimum atomic E-state index is -4.24. The Hall–Kier alpha value is -2.74. The van der Waals surface area contributed by atoms with Crippen LogP contribution in [-0.4, -0.2) is 44.4 Å². The molecule has 1 aliphatic rings. The van der Waals surface area contributed by atoms with Crippen LogP contribution in [0.1, 0.15) is 59.7 Å². The average molecular weight is 515 g/mol. The average Bonchev–Trinajstić information content (AvgIpc) is 2.85. The van der Waals surface area contributed by atoms with E-state index in [2.05, 4.69) is 10.3 Å². The molecule has 1 N–H and O–H groups in total. The number of hydrogen-bond donors (Lipinski definition) is 1. The summed E-state index contributed by atoms with van der Waals surface area (Å²) in [5.74, 6) is -1.94. The lowest BCUT2D eigenvalue weighted by Gasteiger charge is -2.29. The fourth-order valence-corrected chi connectivity index (χ4v) is 6.15. The highest BCUT2D eigenvalue weighted by Gasteiger charge is 2.38. The maximum Gasteiger partial charge on any atom is 0.247 e. The Morgan fingerprint density at radius 2 is 1.89 bits per heavy atom. The van der Waals surface area contributed by atoms with Crippen LogP contribution in [0.2, 0.25) is 0 Å². The molecule has 0 atom stereocenters. The zero-order chi connectivity index (χ0) is 25.6. The van der Waals surface area contributed by atoms with E-state index in [1.165, 1.54) is 17.8 Å². The van der Waals surface area contributed by atoms with Gasteiger partial charge in [-0.3, -0.25) is 9.59 Å². The van der Waals surface area contributed by atoms with Crippen LogP contribution in [0.5, 0.6) is 0 Å². The first-order valence-corrected chi connectivity index (χ1v) is 14.4. The summed E-state index contributed by atoms with van der Waals surface area (Å²) in [5.41, 5.74) is 1.66. The van der Waals surface area contributed by atoms with Gasteiger partial charge in [0.2, 0.25) is 15.9 Å². The lowest BCUT2D eigenvalue weighted by Crippen LogP contribution is -2.45. The monoisotopic (exact) mass is 514 g/mol. The number of hydrogen-bond acceptors (Lipinski definition) is 8. The maximum absolute atomic E-state index is 13.7. The first kappa shape index (κ1) is 26.9. The number of pyridine rings is 1. The first-order chi connectivity index (χ1) is 16.7. The van der Waals surface area contributed by atoms with Crippen molar-refractivity contribution in [3.05, 3.63) is 52.6 Å². The van der Waals surface area contributed by atoms with Crippen LogP contribution in [0, 0.1) is 24.2 Å². The Morgan fingerprint density at radius 1 is 1.23 bits per heavy atom. The van der Waals surface area contributed by atoms with Gasteiger partial charge in [-0.2, -0.15) is 9.57 Å². The number of aromatic nitrogens is 1. The highest BCUT2D eigenvalue weighted by Crippen LogP contribution is 2.32. The van der Waals surface area contributed by atoms with Crippen molar-refractivity contribution in [2.24, 2.45) is 5.92 Å². The Labute approximate surface area is 211 Å². The topological polar surface area (TPSA) is 120 Å². The smallest absolute Gasteiger partial charge is 0.247 e. The zero-order valence-corrected chi connectivity index (χ0v) is 21.8. The number of ketones is 1. The van der Waals surface area contributed by atoms with E-state index in [1.807, 2.05) is 32.0 Å². The molecule has 10 heteroatoms. The summed E-state index contributed by atoms with van der Waals surface area (Å²) in [6.07, 6.45) is 3.60. The largest absolute Gasteiger partial charge is 0.317 e. The molecule has 1 aromatic heterocycles. The van der Waals surface area contributed by atoms with Crippen molar-refractivity contribution in [3.63, 3.8) is 0 Å². The van der Waals surface area contributed by atoms with Gasteiger partial charge in [-0.1, -0.05) is 36.8 Å². The van der Waals surface area contributed by atoms with Crippen LogP contribution in [0.4, 0.5) is 5.82 Å². The SMILES string of the molecule is CCCC(=O)c1cc(C#N)c(N(C(=O)C2CCNCC2)S(=O)(=O)Cc2ccc(C)cc2)nc1SC. The predicted molar refractivity (Wildman–Crippen MR) is 137 cm³/mol. The lowest BCUT2D eigenvalue weighted by atomic mass is 9.97. The Bertz CT molecular complexity index is 1230. The summed E-state index contributed by atoms with van der Waals surface area (Å²) >= 11 is 1.18. The van der Waals surface area contributed by atoms with Crippen molar-refractivity contribution >= 4 is 39.3 Å². The van der Waals surface area contributed by atoms with E-state index in [0.29, 0.717) is 42.9 Å². The summed E-state index contributed by atoms with van der Waals surface area (Å²) < 4.78 is 28.2. The van der Waals surface area contributed by atoms with Gasteiger partial charge in [0, 0.05) is 12.3 Å². The predicted octanol–water partition coefficient (Wildman–Crippen LogP) is 3.83. The number of amides is 1. The quantitative estimate of drug-likeness (QED) is 0.396. The highest BCUT2D eigenvalue weighted by atomic mass is 32.2. The van der Waals surface area contributed by atoms with Crippen molar-refractivity contribution in [2.45, 2.75) is 50.3 Å². The molecular weight excluding hydrogens is 484 g/mol. The second kappa shape index (κ2) is 11.8. The third-order valence-corrected chi connectivity index (χ3v) is 8.19. The van der Waals surface area contributed by atoms with Gasteiger partial charge < -0.3 is 5.32 Å². The number of anilines is 1. The van der Waals surface area contributed by atoms with Crippen molar-refractivity contribution in [3.8, 4) is 6.07 Å². The van der Waals surface area contributed by atoms with E-state index in [4.69, 9.17) is 0 Å². The summed E-state index contributed by atoms with van der Waals surface area (Å²) in [4.78, 5) is 30.8. The number of carbonyl (C=O) groups excluding carboxylic acids is 2. The Balaban J connectivity index is 2.16. The number of rotatable bonds is 9. The van der Waals surface area contributed by atoms with E-state index in [-0.39, 0.29) is 29.1 Å². The summed E-state index contributed by atoms with van der Waals surface area (Å²) in [6.45, 7) is 4.98. The molecule has 0 radical (unpaired) electrons. The van der Waals surface area contributed by atoms with Gasteiger partial charge in [-0.15, -0.1) is 11.8 Å². The molecule has 0 aliphatic carbocycles. The summed E-state index contributed by atoms with van der Waals surface area (Å²) in [5, 5.41) is 13.4. The van der Waals surface area contributed by atoms with E-state index < -0.39 is 27.6 Å². The molecule has 0 spiro atoms. The molecule has 1 aromatic carbocycles. The number of aryl methyl sites for hydroxylation is 1. The molecule has 1 saturated heterocycles. The van der Waals surface area contributed by atoms with E-state index in [1.54, 1.807) is 18.4 Å². The normalized spacial score (nSPS) is 14.3. The van der Waals surface area contributed by atoms with Gasteiger partial charge in [0.05, 0.1) is 16.9 Å². The van der Waals surface area contributed by atoms with Crippen molar-refractivity contribution in [1.29, 1.82) is 5.26 Å². The molecule has 0 bridgehead atoms. The zero-order valence-electron chi connectivity index (χ0n) is 20.2. The number of piperidine rings is 1. The van der Waals surface area contributed by atoms with E-state index >= 15 is 0 Å². The third-order valence-electron chi connectivity index (χ3n) is 5.89. The van der Waals surface area contributed by atoms with Crippen LogP contribution < -0.4 is 9.62 Å². The fourth-order valence-electron chi connectivity index (χ4n) is 4.01. The van der Waals surface area contributed by atoms with E-state index in [0.717, 1.165) is 9.87 Å². The molecule has 1 fully saturated rings. The van der Waals surface area contributed by atoms with Gasteiger partial charge in [0.1, 0.15) is 11.1 Å². The molecule has 2 aromatic rings. The number of benzene rings is 1. The van der Waals surface area contributed by atoms with Gasteiger partial charge in [-0.05, 0) is 57.2 Å². The Morgan fingerprint density at radius 3 is 2.46 bits per heavy atom. The molecule has 2 heterocycles. The van der Waals surface area contributed by atoms with Gasteiger partial charge in [0.15, 0.2) is 11.6 Å². The van der Waals surface area contributed by atoms with Gasteiger partial charge in [-0.25, -0.2) is 13.4 Å². The molecule has 1 aliphatic heterocycles. The minimum absolute atomic E-state index is 0.114. The van der Waals surface area contributed by atoms with Gasteiger partial charge >= 0.3 is 0 Å². The number of carbonyl (C=O) groups is 2. The molecule has 0 saturated carbocycles. The first-order valence-electron chi connectivity index (χ1n) is 11.6. The molecule has 8 nitrogen and oxygen atoms in total. The fraction of sp³-hybridized carbons (Fsp3) is 0.440.